The van der Waals surface area contributed by atoms with E-state index >= 15 is 0 Å². The number of benzene rings is 1. The molecule has 20 heavy (non-hydrogen) atoms. The van der Waals surface area contributed by atoms with Gasteiger partial charge in [-0.2, -0.15) is 0 Å². The van der Waals surface area contributed by atoms with Gasteiger partial charge in [-0.05, 0) is 13.0 Å². The van der Waals surface area contributed by atoms with Gasteiger partial charge in [0.1, 0.15) is 5.69 Å². The molecule has 1 aromatic heterocycles. The Hall–Kier alpha value is -1.99. The van der Waals surface area contributed by atoms with Crippen LogP contribution in [0, 0.1) is 17.0 Å². The van der Waals surface area contributed by atoms with Gasteiger partial charge < -0.3 is 9.30 Å². The molecule has 2 aromatic rings. The molecule has 0 amide bonds. The number of hydrogen-bond donors (Lipinski definition) is 0. The van der Waals surface area contributed by atoms with Gasteiger partial charge in [-0.3, -0.25) is 10.1 Å². The predicted molar refractivity (Wildman–Crippen MR) is 77.2 cm³/mol. The van der Waals surface area contributed by atoms with Crippen LogP contribution in [-0.2, 0) is 11.3 Å². The SMILES string of the molecule is COCCn1c(C)csc1=Nc1ccccc1[N+](=O)[O-]. The summed E-state index contributed by atoms with van der Waals surface area (Å²) in [4.78, 5) is 15.7. The highest BCUT2D eigenvalue weighted by atomic mass is 32.1. The van der Waals surface area contributed by atoms with Gasteiger partial charge in [-0.15, -0.1) is 11.3 Å². The molecule has 0 N–H and O–H groups in total. The fraction of sp³-hybridized carbons (Fsp3) is 0.308. The lowest BCUT2D eigenvalue weighted by Crippen LogP contribution is -2.18. The van der Waals surface area contributed by atoms with Crippen LogP contribution in [0.4, 0.5) is 11.4 Å². The molecular formula is C13H15N3O3S. The lowest BCUT2D eigenvalue weighted by atomic mass is 10.3. The second-order valence-electron chi connectivity index (χ2n) is 4.16. The van der Waals surface area contributed by atoms with Crippen molar-refractivity contribution in [3.63, 3.8) is 0 Å². The first-order chi connectivity index (χ1) is 9.63. The molecule has 0 aliphatic heterocycles. The minimum Gasteiger partial charge on any atom is -0.383 e. The van der Waals surface area contributed by atoms with Crippen LogP contribution in [0.5, 0.6) is 0 Å². The lowest BCUT2D eigenvalue weighted by molar-refractivity contribution is -0.384. The van der Waals surface area contributed by atoms with Crippen molar-refractivity contribution < 1.29 is 9.66 Å². The number of nitro benzene ring substituents is 1. The summed E-state index contributed by atoms with van der Waals surface area (Å²) in [5.41, 5.74) is 1.44. The summed E-state index contributed by atoms with van der Waals surface area (Å²) in [6, 6.07) is 6.48. The molecule has 0 aliphatic carbocycles. The Morgan fingerprint density at radius 2 is 2.20 bits per heavy atom. The van der Waals surface area contributed by atoms with Crippen LogP contribution in [0.1, 0.15) is 5.69 Å². The third-order valence-electron chi connectivity index (χ3n) is 2.81. The van der Waals surface area contributed by atoms with Crippen LogP contribution in [-0.4, -0.2) is 23.2 Å². The van der Waals surface area contributed by atoms with Gasteiger partial charge in [0.15, 0.2) is 4.80 Å². The van der Waals surface area contributed by atoms with Gasteiger partial charge in [0.05, 0.1) is 11.5 Å². The van der Waals surface area contributed by atoms with E-state index in [1.54, 1.807) is 25.3 Å². The second kappa shape index (κ2) is 6.44. The lowest BCUT2D eigenvalue weighted by Gasteiger charge is -2.04. The van der Waals surface area contributed by atoms with E-state index in [1.807, 2.05) is 16.9 Å². The van der Waals surface area contributed by atoms with Crippen LogP contribution in [0.2, 0.25) is 0 Å². The smallest absolute Gasteiger partial charge is 0.294 e. The Morgan fingerprint density at radius 1 is 1.45 bits per heavy atom. The number of nitro groups is 1. The van der Waals surface area contributed by atoms with E-state index in [-0.39, 0.29) is 5.69 Å². The number of aromatic nitrogens is 1. The van der Waals surface area contributed by atoms with Crippen molar-refractivity contribution in [1.82, 2.24) is 4.57 Å². The Morgan fingerprint density at radius 3 is 2.90 bits per heavy atom. The highest BCUT2D eigenvalue weighted by Crippen LogP contribution is 2.25. The van der Waals surface area contributed by atoms with Crippen molar-refractivity contribution >= 4 is 22.7 Å². The summed E-state index contributed by atoms with van der Waals surface area (Å²) >= 11 is 1.46. The van der Waals surface area contributed by atoms with E-state index in [0.717, 1.165) is 10.5 Å². The topological polar surface area (TPSA) is 69.7 Å². The second-order valence-corrected chi connectivity index (χ2v) is 5.00. The van der Waals surface area contributed by atoms with Gasteiger partial charge >= 0.3 is 0 Å². The molecule has 0 fully saturated rings. The molecule has 1 aromatic carbocycles. The summed E-state index contributed by atoms with van der Waals surface area (Å²) < 4.78 is 7.06. The number of rotatable bonds is 5. The third kappa shape index (κ3) is 3.12. The fourth-order valence-corrected chi connectivity index (χ4v) is 2.69. The number of aryl methyl sites for hydroxylation is 1. The molecule has 0 saturated carbocycles. The van der Waals surface area contributed by atoms with E-state index in [1.165, 1.54) is 17.4 Å². The average Bonchev–Trinajstić information content (AvgIpc) is 2.77. The minimum atomic E-state index is -0.418. The normalized spacial score (nSPS) is 11.8. The molecule has 1 heterocycles. The van der Waals surface area contributed by atoms with Gasteiger partial charge in [0.2, 0.25) is 0 Å². The Labute approximate surface area is 120 Å². The molecule has 0 bridgehead atoms. The predicted octanol–water partition coefficient (Wildman–Crippen LogP) is 2.65. The minimum absolute atomic E-state index is 0.0110. The van der Waals surface area contributed by atoms with E-state index in [9.17, 15) is 10.1 Å². The van der Waals surface area contributed by atoms with Crippen molar-refractivity contribution in [2.75, 3.05) is 13.7 Å². The van der Waals surface area contributed by atoms with E-state index in [2.05, 4.69) is 4.99 Å². The Bertz CT molecular complexity index is 675. The largest absolute Gasteiger partial charge is 0.383 e. The molecule has 0 aliphatic rings. The quantitative estimate of drug-likeness (QED) is 0.628. The fourth-order valence-electron chi connectivity index (χ4n) is 1.77. The van der Waals surface area contributed by atoms with Gasteiger partial charge in [-0.25, -0.2) is 4.99 Å². The zero-order valence-corrected chi connectivity index (χ0v) is 12.1. The van der Waals surface area contributed by atoms with Crippen molar-refractivity contribution in [1.29, 1.82) is 0 Å². The van der Waals surface area contributed by atoms with E-state index < -0.39 is 4.92 Å². The van der Waals surface area contributed by atoms with E-state index in [4.69, 9.17) is 4.74 Å². The molecule has 106 valence electrons. The number of methoxy groups -OCH3 is 1. The van der Waals surface area contributed by atoms with Gasteiger partial charge in [0.25, 0.3) is 5.69 Å². The maximum atomic E-state index is 11.0. The zero-order chi connectivity index (χ0) is 14.5. The first kappa shape index (κ1) is 14.4. The standard InChI is InChI=1S/C13H15N3O3S/c1-10-9-20-13(15(10)7-8-19-2)14-11-5-3-4-6-12(11)16(17)18/h3-6,9H,7-8H2,1-2H3. The first-order valence-corrected chi connectivity index (χ1v) is 6.93. The highest BCUT2D eigenvalue weighted by molar-refractivity contribution is 7.07. The van der Waals surface area contributed by atoms with E-state index in [0.29, 0.717) is 18.8 Å². The van der Waals surface area contributed by atoms with Crippen LogP contribution in [0.3, 0.4) is 0 Å². The summed E-state index contributed by atoms with van der Waals surface area (Å²) in [7, 11) is 1.64. The van der Waals surface area contributed by atoms with Crippen molar-refractivity contribution in [2.45, 2.75) is 13.5 Å². The molecule has 6 nitrogen and oxygen atoms in total. The Kier molecular flexibility index (Phi) is 4.65. The Balaban J connectivity index is 2.49. The molecule has 0 radical (unpaired) electrons. The van der Waals surface area contributed by atoms with Crippen molar-refractivity contribution in [2.24, 2.45) is 4.99 Å². The van der Waals surface area contributed by atoms with Crippen molar-refractivity contribution in [3.05, 3.63) is 50.3 Å². The summed E-state index contributed by atoms with van der Waals surface area (Å²) in [5, 5.41) is 13.0. The van der Waals surface area contributed by atoms with Gasteiger partial charge in [-0.1, -0.05) is 12.1 Å². The number of ether oxygens (including phenoxy) is 1. The maximum absolute atomic E-state index is 11.0. The molecule has 0 saturated heterocycles. The molecule has 7 heteroatoms. The van der Waals surface area contributed by atoms with Crippen LogP contribution in [0.25, 0.3) is 0 Å². The molecule has 2 rings (SSSR count). The number of hydrogen-bond acceptors (Lipinski definition) is 5. The maximum Gasteiger partial charge on any atom is 0.294 e. The third-order valence-corrected chi connectivity index (χ3v) is 3.79. The van der Waals surface area contributed by atoms with Gasteiger partial charge in [0, 0.05) is 30.8 Å². The molecule has 0 unspecified atom stereocenters. The van der Waals surface area contributed by atoms with Crippen LogP contribution < -0.4 is 4.80 Å². The monoisotopic (exact) mass is 293 g/mol. The first-order valence-electron chi connectivity index (χ1n) is 6.05. The highest BCUT2D eigenvalue weighted by Gasteiger charge is 2.12. The summed E-state index contributed by atoms with van der Waals surface area (Å²) in [6.45, 7) is 3.22. The zero-order valence-electron chi connectivity index (χ0n) is 11.3. The van der Waals surface area contributed by atoms with Crippen molar-refractivity contribution in [3.8, 4) is 0 Å². The van der Waals surface area contributed by atoms with Crippen LogP contribution in [0.15, 0.2) is 34.6 Å². The number of thiazole rings is 1. The molecular weight excluding hydrogens is 278 g/mol. The molecule has 0 spiro atoms. The summed E-state index contributed by atoms with van der Waals surface area (Å²) in [6.07, 6.45) is 0. The number of para-hydroxylation sites is 2. The summed E-state index contributed by atoms with van der Waals surface area (Å²) in [5.74, 6) is 0. The molecule has 0 atom stereocenters. The number of nitrogens with zero attached hydrogens (tertiary/aromatic N) is 3. The van der Waals surface area contributed by atoms with Crippen LogP contribution >= 0.6 is 11.3 Å². The average molecular weight is 293 g/mol.